The molecule has 202 valence electrons. The van der Waals surface area contributed by atoms with Crippen molar-refractivity contribution in [3.8, 4) is 17.2 Å². The van der Waals surface area contributed by atoms with E-state index in [1.54, 1.807) is 84.0 Å². The van der Waals surface area contributed by atoms with Gasteiger partial charge in [0, 0.05) is 5.56 Å². The van der Waals surface area contributed by atoms with Crippen molar-refractivity contribution in [2.45, 2.75) is 54.4 Å². The van der Waals surface area contributed by atoms with Gasteiger partial charge < -0.3 is 14.2 Å². The van der Waals surface area contributed by atoms with Crippen LogP contribution >= 0.6 is 0 Å². The summed E-state index contributed by atoms with van der Waals surface area (Å²) in [6.07, 6.45) is 7.44. The topological polar surface area (TPSA) is 78.9 Å². The Hall–Kier alpha value is -3.93. The van der Waals surface area contributed by atoms with Gasteiger partial charge in [-0.1, -0.05) is 12.2 Å². The first-order valence-corrected chi connectivity index (χ1v) is 12.4. The van der Waals surface area contributed by atoms with Crippen LogP contribution in [0.4, 0.5) is 0 Å². The van der Waals surface area contributed by atoms with E-state index in [1.807, 2.05) is 6.07 Å². The number of allylic oxidation sites excluding steroid dienone is 3. The Morgan fingerprint density at radius 2 is 1.29 bits per heavy atom. The van der Waals surface area contributed by atoms with E-state index >= 15 is 0 Å². The lowest BCUT2D eigenvalue weighted by Gasteiger charge is -2.22. The first-order chi connectivity index (χ1) is 17.7. The lowest BCUT2D eigenvalue weighted by atomic mass is 9.95. The molecule has 0 saturated carbocycles. The summed E-state index contributed by atoms with van der Waals surface area (Å²) < 4.78 is 17.0. The summed E-state index contributed by atoms with van der Waals surface area (Å²) in [5, 5.41) is 0. The average molecular weight is 519 g/mol. The van der Waals surface area contributed by atoms with E-state index in [2.05, 4.69) is 13.2 Å². The predicted octanol–water partition coefficient (Wildman–Crippen LogP) is 6.95. The Kier molecular flexibility index (Phi) is 10.0. The van der Waals surface area contributed by atoms with Crippen LogP contribution in [0.15, 0.2) is 61.7 Å². The van der Waals surface area contributed by atoms with Gasteiger partial charge in [-0.3, -0.25) is 14.4 Å². The fraction of sp³-hybridized carbons (Fsp3) is 0.344. The molecule has 0 heterocycles. The van der Waals surface area contributed by atoms with Crippen molar-refractivity contribution in [3.05, 3.63) is 84.0 Å². The molecule has 0 saturated heterocycles. The second-order valence-corrected chi connectivity index (χ2v) is 11.0. The van der Waals surface area contributed by atoms with E-state index in [0.717, 1.165) is 11.1 Å². The van der Waals surface area contributed by atoms with Gasteiger partial charge in [0.25, 0.3) is 0 Å². The second-order valence-electron chi connectivity index (χ2n) is 11.0. The van der Waals surface area contributed by atoms with Crippen LogP contribution in [0.5, 0.6) is 17.2 Å². The number of ketones is 1. The molecular formula is C32H38O6. The molecule has 0 unspecified atom stereocenters. The molecule has 38 heavy (non-hydrogen) atoms. The molecule has 2 rings (SSSR count). The monoisotopic (exact) mass is 518 g/mol. The molecule has 2 aromatic rings. The van der Waals surface area contributed by atoms with Gasteiger partial charge in [-0.25, -0.2) is 0 Å². The van der Waals surface area contributed by atoms with Crippen molar-refractivity contribution in [2.24, 2.45) is 10.8 Å². The maximum absolute atomic E-state index is 13.0. The van der Waals surface area contributed by atoms with Crippen molar-refractivity contribution < 1.29 is 28.6 Å². The highest BCUT2D eigenvalue weighted by atomic mass is 16.5. The molecule has 0 aliphatic heterocycles. The maximum Gasteiger partial charge on any atom is 0.316 e. The highest BCUT2D eigenvalue weighted by molar-refractivity contribution is 6.07. The average Bonchev–Trinajstić information content (AvgIpc) is 2.83. The van der Waals surface area contributed by atoms with Gasteiger partial charge in [-0.2, -0.15) is 0 Å². The molecule has 0 aliphatic carbocycles. The summed E-state index contributed by atoms with van der Waals surface area (Å²) in [7, 11) is 1.53. The van der Waals surface area contributed by atoms with Crippen LogP contribution in [0.25, 0.3) is 6.08 Å². The number of carbonyl (C=O) groups is 3. The molecule has 0 aliphatic rings. The summed E-state index contributed by atoms with van der Waals surface area (Å²) in [6.45, 7) is 18.3. The van der Waals surface area contributed by atoms with Crippen molar-refractivity contribution in [1.29, 1.82) is 0 Å². The van der Waals surface area contributed by atoms with E-state index in [-0.39, 0.29) is 11.8 Å². The van der Waals surface area contributed by atoms with Crippen molar-refractivity contribution in [2.75, 3.05) is 7.11 Å². The summed E-state index contributed by atoms with van der Waals surface area (Å²) in [4.78, 5) is 38.0. The fourth-order valence-corrected chi connectivity index (χ4v) is 3.37. The fourth-order valence-electron chi connectivity index (χ4n) is 3.37. The number of hydrogen-bond acceptors (Lipinski definition) is 6. The van der Waals surface area contributed by atoms with Crippen LogP contribution in [-0.4, -0.2) is 24.8 Å². The van der Waals surface area contributed by atoms with Crippen LogP contribution in [0.1, 0.15) is 68.6 Å². The smallest absolute Gasteiger partial charge is 0.316 e. The standard InChI is InChI=1S/C32H38O6/c1-10-12-22-20-23(13-11-2)28(38-30(35)32(6,7)8)25(27(22)36-9)18-19-26(33)21-14-16-24(17-15-21)37-29(34)31(3,4)5/h10-11,14-20H,1-2,12-13H2,3-9H3. The number of hydrogen-bond donors (Lipinski definition) is 0. The molecule has 0 amide bonds. The largest absolute Gasteiger partial charge is 0.496 e. The molecule has 0 fully saturated rings. The van der Waals surface area contributed by atoms with Gasteiger partial charge in [0.15, 0.2) is 5.78 Å². The van der Waals surface area contributed by atoms with E-state index in [4.69, 9.17) is 14.2 Å². The molecule has 0 spiro atoms. The van der Waals surface area contributed by atoms with E-state index < -0.39 is 16.8 Å². The Bertz CT molecular complexity index is 1230. The van der Waals surface area contributed by atoms with Gasteiger partial charge >= 0.3 is 11.9 Å². The highest BCUT2D eigenvalue weighted by Gasteiger charge is 2.27. The van der Waals surface area contributed by atoms with Crippen LogP contribution in [0.3, 0.4) is 0 Å². The van der Waals surface area contributed by atoms with Crippen molar-refractivity contribution in [1.82, 2.24) is 0 Å². The number of esters is 2. The Balaban J connectivity index is 2.52. The number of methoxy groups -OCH3 is 1. The van der Waals surface area contributed by atoms with Crippen LogP contribution < -0.4 is 14.2 Å². The summed E-state index contributed by atoms with van der Waals surface area (Å²) in [5.41, 5.74) is 1.07. The zero-order valence-corrected chi connectivity index (χ0v) is 23.5. The Morgan fingerprint density at radius 3 is 1.76 bits per heavy atom. The third-order valence-corrected chi connectivity index (χ3v) is 5.52. The molecule has 0 aromatic heterocycles. The van der Waals surface area contributed by atoms with Gasteiger partial charge in [0.1, 0.15) is 17.2 Å². The first kappa shape index (κ1) is 30.3. The quantitative estimate of drug-likeness (QED) is 0.111. The summed E-state index contributed by atoms with van der Waals surface area (Å²) >= 11 is 0. The highest BCUT2D eigenvalue weighted by Crippen LogP contribution is 2.39. The molecule has 6 nitrogen and oxygen atoms in total. The molecule has 0 N–H and O–H groups in total. The minimum Gasteiger partial charge on any atom is -0.496 e. The second kappa shape index (κ2) is 12.5. The predicted molar refractivity (Wildman–Crippen MR) is 151 cm³/mol. The minimum absolute atomic E-state index is 0.284. The zero-order valence-electron chi connectivity index (χ0n) is 23.5. The van der Waals surface area contributed by atoms with Gasteiger partial charge in [-0.15, -0.1) is 13.2 Å². The zero-order chi connectivity index (χ0) is 28.7. The Morgan fingerprint density at radius 1 is 0.789 bits per heavy atom. The molecule has 6 heteroatoms. The van der Waals surface area contributed by atoms with Crippen molar-refractivity contribution >= 4 is 23.8 Å². The lowest BCUT2D eigenvalue weighted by molar-refractivity contribution is -0.143. The molecule has 2 aromatic carbocycles. The van der Waals surface area contributed by atoms with Crippen molar-refractivity contribution in [3.63, 3.8) is 0 Å². The van der Waals surface area contributed by atoms with Crippen LogP contribution in [-0.2, 0) is 22.4 Å². The number of benzene rings is 2. The molecule has 0 bridgehead atoms. The third kappa shape index (κ3) is 7.78. The van der Waals surface area contributed by atoms with E-state index in [1.165, 1.54) is 13.2 Å². The number of carbonyl (C=O) groups excluding carboxylic acids is 3. The molecule has 0 radical (unpaired) electrons. The van der Waals surface area contributed by atoms with E-state index in [9.17, 15) is 14.4 Å². The number of ether oxygens (including phenoxy) is 3. The van der Waals surface area contributed by atoms with Gasteiger partial charge in [0.05, 0.1) is 23.5 Å². The molecule has 0 atom stereocenters. The number of rotatable bonds is 10. The van der Waals surface area contributed by atoms with Gasteiger partial charge in [-0.05, 0) is 108 Å². The summed E-state index contributed by atoms with van der Waals surface area (Å²) in [6, 6.07) is 8.24. The SMILES string of the molecule is C=CCc1cc(CC=C)c(OC(=O)C(C)(C)C)c(C=CC(=O)c2ccc(OC(=O)C(C)(C)C)cc2)c1OC. The van der Waals surface area contributed by atoms with Gasteiger partial charge in [0.2, 0.25) is 0 Å². The van der Waals surface area contributed by atoms with E-state index in [0.29, 0.717) is 41.2 Å². The molecular weight excluding hydrogens is 480 g/mol. The lowest BCUT2D eigenvalue weighted by Crippen LogP contribution is -2.26. The first-order valence-electron chi connectivity index (χ1n) is 12.4. The normalized spacial score (nSPS) is 11.7. The van der Waals surface area contributed by atoms with Crippen LogP contribution in [0, 0.1) is 10.8 Å². The Labute approximate surface area is 226 Å². The van der Waals surface area contributed by atoms with Crippen LogP contribution in [0.2, 0.25) is 0 Å². The maximum atomic E-state index is 13.0. The minimum atomic E-state index is -0.743. The third-order valence-electron chi connectivity index (χ3n) is 5.52. The summed E-state index contributed by atoms with van der Waals surface area (Å²) in [5.74, 6) is 0.104.